The van der Waals surface area contributed by atoms with E-state index in [4.69, 9.17) is 5.73 Å². The number of rotatable bonds is 8. The highest BCUT2D eigenvalue weighted by atomic mass is 14.9. The third-order valence-corrected chi connectivity index (χ3v) is 3.96. The van der Waals surface area contributed by atoms with Crippen molar-refractivity contribution in [3.63, 3.8) is 0 Å². The number of nitrogens with zero attached hydrogens (tertiary/aromatic N) is 2. The summed E-state index contributed by atoms with van der Waals surface area (Å²) >= 11 is 0. The van der Waals surface area contributed by atoms with E-state index in [1.807, 2.05) is 36.4 Å². The van der Waals surface area contributed by atoms with Crippen LogP contribution in [0, 0.1) is 0 Å². The fourth-order valence-electron chi connectivity index (χ4n) is 2.72. The zero-order chi connectivity index (χ0) is 18.7. The molecule has 5 nitrogen and oxygen atoms in total. The van der Waals surface area contributed by atoms with E-state index in [2.05, 4.69) is 63.1 Å². The van der Waals surface area contributed by atoms with Crippen LogP contribution in [0.2, 0.25) is 0 Å². The van der Waals surface area contributed by atoms with Crippen molar-refractivity contribution < 1.29 is 2.85 Å². The Labute approximate surface area is 162 Å². The molecule has 0 amide bonds. The van der Waals surface area contributed by atoms with Crippen molar-refractivity contribution in [1.29, 1.82) is 0 Å². The number of nitrogens with two attached hydrogens (primary N) is 1. The summed E-state index contributed by atoms with van der Waals surface area (Å²) in [4.78, 5) is 7.93. The Kier molecular flexibility index (Phi) is 6.59. The molecule has 3 rings (SSSR count). The maximum Gasteiger partial charge on any atom is 0.111 e. The van der Waals surface area contributed by atoms with Crippen LogP contribution < -0.4 is 16.4 Å². The van der Waals surface area contributed by atoms with Gasteiger partial charge in [0.05, 0.1) is 12.9 Å². The van der Waals surface area contributed by atoms with Crippen LogP contribution in [0.5, 0.6) is 0 Å². The molecular formula is C22H27N5. The number of benzene rings is 3. The molecule has 0 atom stereocenters. The van der Waals surface area contributed by atoms with Crippen molar-refractivity contribution in [3.05, 3.63) is 78.9 Å². The topological polar surface area (TPSA) is 74.8 Å². The zero-order valence-electron chi connectivity index (χ0n) is 15.0. The van der Waals surface area contributed by atoms with Crippen molar-refractivity contribution in [1.82, 2.24) is 0 Å². The molecular weight excluding hydrogens is 334 g/mol. The maximum absolute atomic E-state index is 5.18. The molecule has 0 heterocycles. The Morgan fingerprint density at radius 3 is 2.37 bits per heavy atom. The van der Waals surface area contributed by atoms with Gasteiger partial charge in [0.2, 0.25) is 0 Å². The van der Waals surface area contributed by atoms with Crippen molar-refractivity contribution in [2.24, 2.45) is 15.7 Å². The molecule has 0 radical (unpaired) electrons. The normalized spacial score (nSPS) is 11.1. The summed E-state index contributed by atoms with van der Waals surface area (Å²) in [5.41, 5.74) is 10.7. The fraction of sp³-hybridized carbons (Fsp3) is 0.0909. The highest BCUT2D eigenvalue weighted by Crippen LogP contribution is 2.31. The van der Waals surface area contributed by atoms with E-state index in [9.17, 15) is 0 Å². The van der Waals surface area contributed by atoms with Crippen molar-refractivity contribution in [2.75, 3.05) is 23.7 Å². The summed E-state index contributed by atoms with van der Waals surface area (Å²) in [6.07, 6.45) is 2.69. The molecule has 0 aliphatic carbocycles. The molecule has 3 aromatic rings. The molecule has 0 aliphatic heterocycles. The molecule has 0 unspecified atom stereocenters. The summed E-state index contributed by atoms with van der Waals surface area (Å²) in [6, 6.07) is 26.8. The first-order valence-electron chi connectivity index (χ1n) is 8.84. The Hall–Kier alpha value is -3.60. The van der Waals surface area contributed by atoms with Crippen LogP contribution in [0.4, 0.5) is 17.1 Å². The van der Waals surface area contributed by atoms with E-state index in [0.717, 1.165) is 28.2 Å². The van der Waals surface area contributed by atoms with Crippen LogP contribution in [0.1, 0.15) is 2.85 Å². The molecule has 0 spiro atoms. The molecule has 5 heteroatoms. The number of aliphatic imine (C=N–C) groups is 2. The largest absolute Gasteiger partial charge is 0.390 e. The first-order chi connectivity index (χ1) is 13.4. The summed E-state index contributed by atoms with van der Waals surface area (Å²) in [6.45, 7) is 1.33. The van der Waals surface area contributed by atoms with Crippen LogP contribution in [0.3, 0.4) is 0 Å². The quantitative estimate of drug-likeness (QED) is 0.300. The van der Waals surface area contributed by atoms with E-state index in [1.165, 1.54) is 12.7 Å². The molecule has 3 aromatic carbocycles. The Bertz CT molecular complexity index is 900. The average Bonchev–Trinajstić information content (AvgIpc) is 2.73. The second-order valence-electron chi connectivity index (χ2n) is 5.86. The number of para-hydroxylation sites is 1. The van der Waals surface area contributed by atoms with Crippen LogP contribution in [-0.2, 0) is 0 Å². The minimum absolute atomic E-state index is 0. The number of hydrogen-bond acceptors (Lipinski definition) is 3. The van der Waals surface area contributed by atoms with Crippen molar-refractivity contribution in [2.45, 2.75) is 0 Å². The standard InChI is InChI=1S/C22H23N5.2H2/c23-16-25-17-24-13-14-26-22-12-11-20(27-19-9-5-2-6-10-19)15-21(22)18-7-3-1-4-8-18;;/h1-12,15-17,26-27H,13-14H2,(H2,23,24,25);2*1H. The molecule has 0 saturated heterocycles. The second-order valence-corrected chi connectivity index (χ2v) is 5.86. The van der Waals surface area contributed by atoms with Gasteiger partial charge in [-0.2, -0.15) is 0 Å². The van der Waals surface area contributed by atoms with Gasteiger partial charge in [-0.3, -0.25) is 4.99 Å². The van der Waals surface area contributed by atoms with E-state index in [0.29, 0.717) is 13.1 Å². The fourth-order valence-corrected chi connectivity index (χ4v) is 2.72. The van der Waals surface area contributed by atoms with Gasteiger partial charge in [-0.25, -0.2) is 4.99 Å². The summed E-state index contributed by atoms with van der Waals surface area (Å²) in [5, 5.41) is 6.91. The minimum Gasteiger partial charge on any atom is -0.390 e. The Morgan fingerprint density at radius 1 is 0.889 bits per heavy atom. The Balaban J connectivity index is 0.00000210. The predicted octanol–water partition coefficient (Wildman–Crippen LogP) is 5.02. The van der Waals surface area contributed by atoms with Gasteiger partial charge in [0.1, 0.15) is 6.34 Å². The predicted molar refractivity (Wildman–Crippen MR) is 120 cm³/mol. The smallest absolute Gasteiger partial charge is 0.111 e. The van der Waals surface area contributed by atoms with E-state index in [-0.39, 0.29) is 2.85 Å². The van der Waals surface area contributed by atoms with Gasteiger partial charge in [-0.05, 0) is 35.9 Å². The summed E-state index contributed by atoms with van der Waals surface area (Å²) in [5.74, 6) is 0. The number of nitrogens with one attached hydrogen (secondary N) is 2. The van der Waals surface area contributed by atoms with Crippen LogP contribution in [0.15, 0.2) is 88.8 Å². The first kappa shape index (κ1) is 18.2. The third-order valence-electron chi connectivity index (χ3n) is 3.96. The molecule has 0 bridgehead atoms. The van der Waals surface area contributed by atoms with Gasteiger partial charge in [0, 0.05) is 32.0 Å². The lowest BCUT2D eigenvalue weighted by Crippen LogP contribution is -2.06. The molecule has 0 aromatic heterocycles. The number of anilines is 3. The highest BCUT2D eigenvalue weighted by Gasteiger charge is 2.06. The van der Waals surface area contributed by atoms with Gasteiger partial charge < -0.3 is 16.4 Å². The van der Waals surface area contributed by atoms with Crippen LogP contribution in [-0.4, -0.2) is 25.8 Å². The third kappa shape index (κ3) is 5.44. The molecule has 0 fully saturated rings. The van der Waals surface area contributed by atoms with Crippen LogP contribution >= 0.6 is 0 Å². The van der Waals surface area contributed by atoms with E-state index >= 15 is 0 Å². The van der Waals surface area contributed by atoms with Crippen molar-refractivity contribution >= 4 is 29.7 Å². The van der Waals surface area contributed by atoms with E-state index in [1.54, 1.807) is 0 Å². The second kappa shape index (κ2) is 9.77. The van der Waals surface area contributed by atoms with Gasteiger partial charge in [-0.1, -0.05) is 48.5 Å². The molecule has 4 N–H and O–H groups in total. The Morgan fingerprint density at radius 2 is 1.63 bits per heavy atom. The molecule has 0 saturated carbocycles. The SMILES string of the molecule is NC=NC=NCCNc1ccc(Nc2ccccc2)cc1-c1ccccc1.[HH].[HH]. The average molecular weight is 361 g/mol. The molecule has 0 aliphatic rings. The van der Waals surface area contributed by atoms with E-state index < -0.39 is 0 Å². The molecule has 140 valence electrons. The summed E-state index contributed by atoms with van der Waals surface area (Å²) in [7, 11) is 0. The minimum atomic E-state index is 0. The first-order valence-corrected chi connectivity index (χ1v) is 8.84. The lowest BCUT2D eigenvalue weighted by molar-refractivity contribution is 1.03. The highest BCUT2D eigenvalue weighted by molar-refractivity contribution is 5.82. The lowest BCUT2D eigenvalue weighted by Gasteiger charge is -2.15. The maximum atomic E-state index is 5.18. The van der Waals surface area contributed by atoms with Crippen molar-refractivity contribution in [3.8, 4) is 11.1 Å². The van der Waals surface area contributed by atoms with Gasteiger partial charge in [0.25, 0.3) is 0 Å². The lowest BCUT2D eigenvalue weighted by atomic mass is 10.0. The summed E-state index contributed by atoms with van der Waals surface area (Å²) < 4.78 is 0. The van der Waals surface area contributed by atoms with Gasteiger partial charge in [-0.15, -0.1) is 0 Å². The van der Waals surface area contributed by atoms with Gasteiger partial charge in [0.15, 0.2) is 0 Å². The van der Waals surface area contributed by atoms with Crippen LogP contribution in [0.25, 0.3) is 11.1 Å². The van der Waals surface area contributed by atoms with Gasteiger partial charge >= 0.3 is 0 Å². The molecule has 27 heavy (non-hydrogen) atoms. The monoisotopic (exact) mass is 361 g/mol. The zero-order valence-corrected chi connectivity index (χ0v) is 15.0. The number of hydrogen-bond donors (Lipinski definition) is 3.